The molecule has 2 aliphatic carbocycles. The standard InChI is InChI=1S/C13H19N3O/c1-15(10-3-2-4-10)13(17)12-7-9(14)8-16(12)11-5-6-11/h7-8,10-11H,2-6,14H2,1H3. The van der Waals surface area contributed by atoms with Gasteiger partial charge in [-0.05, 0) is 38.2 Å². The Balaban J connectivity index is 1.84. The summed E-state index contributed by atoms with van der Waals surface area (Å²) in [5.41, 5.74) is 7.27. The smallest absolute Gasteiger partial charge is 0.270 e. The third-order valence-corrected chi connectivity index (χ3v) is 3.97. The molecular formula is C13H19N3O. The predicted octanol–water partition coefficient (Wildman–Crippen LogP) is 2.03. The van der Waals surface area contributed by atoms with Gasteiger partial charge < -0.3 is 15.2 Å². The molecule has 0 saturated heterocycles. The summed E-state index contributed by atoms with van der Waals surface area (Å²) in [4.78, 5) is 14.3. The molecule has 3 rings (SSSR count). The summed E-state index contributed by atoms with van der Waals surface area (Å²) >= 11 is 0. The number of aromatic nitrogens is 1. The summed E-state index contributed by atoms with van der Waals surface area (Å²) in [6.07, 6.45) is 7.76. The van der Waals surface area contributed by atoms with Crippen molar-refractivity contribution in [2.45, 2.75) is 44.2 Å². The van der Waals surface area contributed by atoms with E-state index in [1.165, 1.54) is 19.3 Å². The summed E-state index contributed by atoms with van der Waals surface area (Å²) < 4.78 is 2.06. The zero-order valence-corrected chi connectivity index (χ0v) is 10.2. The van der Waals surface area contributed by atoms with Crippen LogP contribution in [-0.2, 0) is 0 Å². The maximum atomic E-state index is 12.4. The average Bonchev–Trinajstić information content (AvgIpc) is 2.98. The molecule has 0 aromatic carbocycles. The second-order valence-corrected chi connectivity index (χ2v) is 5.30. The zero-order valence-electron chi connectivity index (χ0n) is 10.2. The SMILES string of the molecule is CN(C(=O)c1cc(N)cn1C1CC1)C1CCC1. The second kappa shape index (κ2) is 3.79. The summed E-state index contributed by atoms with van der Waals surface area (Å²) in [6.45, 7) is 0. The minimum atomic E-state index is 0.123. The monoisotopic (exact) mass is 233 g/mol. The van der Waals surface area contributed by atoms with E-state index in [1.807, 2.05) is 24.2 Å². The van der Waals surface area contributed by atoms with E-state index in [0.717, 1.165) is 18.5 Å². The Bertz CT molecular complexity index is 444. The number of nitrogens with two attached hydrogens (primary N) is 1. The normalized spacial score (nSPS) is 20.1. The predicted molar refractivity (Wildman–Crippen MR) is 66.8 cm³/mol. The van der Waals surface area contributed by atoms with Crippen molar-refractivity contribution in [1.82, 2.24) is 9.47 Å². The lowest BCUT2D eigenvalue weighted by Crippen LogP contribution is -2.41. The zero-order chi connectivity index (χ0) is 12.0. The van der Waals surface area contributed by atoms with Gasteiger partial charge in [0.15, 0.2) is 0 Å². The Kier molecular flexibility index (Phi) is 2.38. The largest absolute Gasteiger partial charge is 0.397 e. The molecule has 1 amide bonds. The van der Waals surface area contributed by atoms with Gasteiger partial charge in [0, 0.05) is 25.3 Å². The molecule has 1 heterocycles. The van der Waals surface area contributed by atoms with E-state index in [0.29, 0.717) is 17.8 Å². The second-order valence-electron chi connectivity index (χ2n) is 5.30. The van der Waals surface area contributed by atoms with Crippen LogP contribution in [0, 0.1) is 0 Å². The van der Waals surface area contributed by atoms with Crippen LogP contribution in [0.5, 0.6) is 0 Å². The van der Waals surface area contributed by atoms with Crippen molar-refractivity contribution in [3.8, 4) is 0 Å². The van der Waals surface area contributed by atoms with Crippen LogP contribution in [0.3, 0.4) is 0 Å². The fourth-order valence-electron chi connectivity index (χ4n) is 2.45. The highest BCUT2D eigenvalue weighted by atomic mass is 16.2. The molecule has 0 radical (unpaired) electrons. The molecule has 4 heteroatoms. The molecule has 0 unspecified atom stereocenters. The van der Waals surface area contributed by atoms with Gasteiger partial charge in [-0.1, -0.05) is 0 Å². The van der Waals surface area contributed by atoms with Crippen LogP contribution in [0.1, 0.15) is 48.6 Å². The minimum Gasteiger partial charge on any atom is -0.397 e. The molecule has 2 fully saturated rings. The Morgan fingerprint density at radius 2 is 2.12 bits per heavy atom. The van der Waals surface area contributed by atoms with E-state index < -0.39 is 0 Å². The van der Waals surface area contributed by atoms with Gasteiger partial charge in [-0.15, -0.1) is 0 Å². The minimum absolute atomic E-state index is 0.123. The van der Waals surface area contributed by atoms with Gasteiger partial charge in [-0.2, -0.15) is 0 Å². The lowest BCUT2D eigenvalue weighted by atomic mass is 9.92. The number of anilines is 1. The van der Waals surface area contributed by atoms with E-state index in [-0.39, 0.29) is 5.91 Å². The number of hydrogen-bond acceptors (Lipinski definition) is 2. The lowest BCUT2D eigenvalue weighted by Gasteiger charge is -2.34. The molecule has 0 spiro atoms. The van der Waals surface area contributed by atoms with Crippen LogP contribution in [0.25, 0.3) is 0 Å². The highest BCUT2D eigenvalue weighted by molar-refractivity contribution is 5.94. The van der Waals surface area contributed by atoms with Gasteiger partial charge in [-0.25, -0.2) is 0 Å². The Labute approximate surface area is 101 Å². The molecule has 1 aromatic rings. The molecule has 0 aliphatic heterocycles. The van der Waals surface area contributed by atoms with Gasteiger partial charge in [0.1, 0.15) is 5.69 Å². The van der Waals surface area contributed by atoms with Gasteiger partial charge in [0.2, 0.25) is 0 Å². The van der Waals surface area contributed by atoms with Gasteiger partial charge in [-0.3, -0.25) is 4.79 Å². The van der Waals surface area contributed by atoms with Crippen LogP contribution >= 0.6 is 0 Å². The van der Waals surface area contributed by atoms with Crippen molar-refractivity contribution in [3.05, 3.63) is 18.0 Å². The van der Waals surface area contributed by atoms with Crippen LogP contribution in [-0.4, -0.2) is 28.5 Å². The maximum Gasteiger partial charge on any atom is 0.270 e. The first-order chi connectivity index (χ1) is 8.16. The van der Waals surface area contributed by atoms with Crippen molar-refractivity contribution in [3.63, 3.8) is 0 Å². The van der Waals surface area contributed by atoms with Gasteiger partial charge in [0.05, 0.1) is 5.69 Å². The summed E-state index contributed by atoms with van der Waals surface area (Å²) in [5.74, 6) is 0.123. The van der Waals surface area contributed by atoms with E-state index >= 15 is 0 Å². The summed E-state index contributed by atoms with van der Waals surface area (Å²) in [6, 6.07) is 2.75. The number of hydrogen-bond donors (Lipinski definition) is 1. The lowest BCUT2D eigenvalue weighted by molar-refractivity contribution is 0.0641. The van der Waals surface area contributed by atoms with Crippen molar-refractivity contribution in [2.24, 2.45) is 0 Å². The molecule has 2 N–H and O–H groups in total. The molecule has 92 valence electrons. The average molecular weight is 233 g/mol. The number of carbonyl (C=O) groups is 1. The Morgan fingerprint density at radius 3 is 2.65 bits per heavy atom. The van der Waals surface area contributed by atoms with Gasteiger partial charge >= 0.3 is 0 Å². The van der Waals surface area contributed by atoms with E-state index in [1.54, 1.807) is 0 Å². The fourth-order valence-corrected chi connectivity index (χ4v) is 2.45. The highest BCUT2D eigenvalue weighted by Crippen LogP contribution is 2.37. The first-order valence-corrected chi connectivity index (χ1v) is 6.41. The van der Waals surface area contributed by atoms with Crippen molar-refractivity contribution in [1.29, 1.82) is 0 Å². The van der Waals surface area contributed by atoms with Crippen molar-refractivity contribution in [2.75, 3.05) is 12.8 Å². The highest BCUT2D eigenvalue weighted by Gasteiger charge is 2.31. The molecule has 2 saturated carbocycles. The van der Waals surface area contributed by atoms with Gasteiger partial charge in [0.25, 0.3) is 5.91 Å². The van der Waals surface area contributed by atoms with Crippen LogP contribution < -0.4 is 5.73 Å². The number of rotatable bonds is 3. The molecule has 0 bridgehead atoms. The molecule has 17 heavy (non-hydrogen) atoms. The van der Waals surface area contributed by atoms with E-state index in [4.69, 9.17) is 5.73 Å². The Morgan fingerprint density at radius 1 is 1.41 bits per heavy atom. The third-order valence-electron chi connectivity index (χ3n) is 3.97. The quantitative estimate of drug-likeness (QED) is 0.868. The first kappa shape index (κ1) is 10.7. The van der Waals surface area contributed by atoms with Crippen molar-refractivity contribution < 1.29 is 4.79 Å². The van der Waals surface area contributed by atoms with Crippen LogP contribution in [0.4, 0.5) is 5.69 Å². The molecule has 1 aromatic heterocycles. The number of carbonyl (C=O) groups excluding carboxylic acids is 1. The molecule has 2 aliphatic rings. The van der Waals surface area contributed by atoms with Crippen LogP contribution in [0.2, 0.25) is 0 Å². The number of nitrogens with zero attached hydrogens (tertiary/aromatic N) is 2. The van der Waals surface area contributed by atoms with E-state index in [9.17, 15) is 4.79 Å². The number of nitrogen functional groups attached to an aromatic ring is 1. The van der Waals surface area contributed by atoms with Crippen LogP contribution in [0.15, 0.2) is 12.3 Å². The Hall–Kier alpha value is -1.45. The summed E-state index contributed by atoms with van der Waals surface area (Å²) in [7, 11) is 1.91. The molecular weight excluding hydrogens is 214 g/mol. The molecule has 0 atom stereocenters. The first-order valence-electron chi connectivity index (χ1n) is 6.41. The van der Waals surface area contributed by atoms with E-state index in [2.05, 4.69) is 4.57 Å². The topological polar surface area (TPSA) is 51.3 Å². The third kappa shape index (κ3) is 1.81. The number of amides is 1. The maximum absolute atomic E-state index is 12.4. The van der Waals surface area contributed by atoms with Crippen molar-refractivity contribution >= 4 is 11.6 Å². The fraction of sp³-hybridized carbons (Fsp3) is 0.615. The summed E-state index contributed by atoms with van der Waals surface area (Å²) in [5, 5.41) is 0. The molecule has 4 nitrogen and oxygen atoms in total.